The summed E-state index contributed by atoms with van der Waals surface area (Å²) in [5.74, 6) is 0.0851. The number of amides is 1. The molecule has 0 saturated carbocycles. The van der Waals surface area contributed by atoms with Crippen molar-refractivity contribution in [1.82, 2.24) is 9.88 Å². The van der Waals surface area contributed by atoms with E-state index in [2.05, 4.69) is 25.4 Å². The SMILES string of the molecule is CCCC(C)NC(=O)Cn1cc2c(c1)C(N)CCC2. The predicted molar refractivity (Wildman–Crippen MR) is 76.8 cm³/mol. The monoisotopic (exact) mass is 263 g/mol. The molecule has 0 spiro atoms. The summed E-state index contributed by atoms with van der Waals surface area (Å²) in [7, 11) is 0. The van der Waals surface area contributed by atoms with Crippen LogP contribution in [0.5, 0.6) is 0 Å². The van der Waals surface area contributed by atoms with E-state index in [4.69, 9.17) is 5.73 Å². The maximum atomic E-state index is 11.9. The molecular weight excluding hydrogens is 238 g/mol. The highest BCUT2D eigenvalue weighted by Crippen LogP contribution is 2.28. The van der Waals surface area contributed by atoms with Gasteiger partial charge in [0.25, 0.3) is 0 Å². The molecule has 0 bridgehead atoms. The molecule has 2 rings (SSSR count). The molecule has 1 amide bonds. The van der Waals surface area contributed by atoms with Crippen LogP contribution >= 0.6 is 0 Å². The lowest BCUT2D eigenvalue weighted by Gasteiger charge is -2.17. The van der Waals surface area contributed by atoms with Crippen LogP contribution in [0, 0.1) is 0 Å². The number of aromatic nitrogens is 1. The molecule has 19 heavy (non-hydrogen) atoms. The second kappa shape index (κ2) is 6.24. The summed E-state index contributed by atoms with van der Waals surface area (Å²) in [4.78, 5) is 11.9. The first-order chi connectivity index (χ1) is 9.10. The minimum Gasteiger partial charge on any atom is -0.352 e. The quantitative estimate of drug-likeness (QED) is 0.855. The Kier molecular flexibility index (Phi) is 4.64. The van der Waals surface area contributed by atoms with Gasteiger partial charge in [-0.15, -0.1) is 0 Å². The highest BCUT2D eigenvalue weighted by atomic mass is 16.2. The van der Waals surface area contributed by atoms with Gasteiger partial charge >= 0.3 is 0 Å². The van der Waals surface area contributed by atoms with Gasteiger partial charge in [0.2, 0.25) is 5.91 Å². The Bertz CT molecular complexity index is 439. The largest absolute Gasteiger partial charge is 0.352 e. The van der Waals surface area contributed by atoms with Crippen LogP contribution in [0.2, 0.25) is 0 Å². The van der Waals surface area contributed by atoms with Gasteiger partial charge in [-0.05, 0) is 43.7 Å². The molecule has 2 atom stereocenters. The van der Waals surface area contributed by atoms with Crippen molar-refractivity contribution in [3.63, 3.8) is 0 Å². The van der Waals surface area contributed by atoms with E-state index < -0.39 is 0 Å². The molecule has 1 aliphatic rings. The second-order valence-corrected chi connectivity index (χ2v) is 5.67. The van der Waals surface area contributed by atoms with E-state index in [1.807, 2.05) is 10.8 Å². The van der Waals surface area contributed by atoms with Gasteiger partial charge in [-0.25, -0.2) is 0 Å². The number of fused-ring (bicyclic) bond motifs is 1. The normalized spacial score (nSPS) is 19.8. The molecule has 0 radical (unpaired) electrons. The molecule has 0 aliphatic heterocycles. The molecule has 0 saturated heterocycles. The zero-order valence-corrected chi connectivity index (χ0v) is 12.0. The lowest BCUT2D eigenvalue weighted by molar-refractivity contribution is -0.122. The first kappa shape index (κ1) is 14.1. The average Bonchev–Trinajstić information content (AvgIpc) is 2.72. The fraction of sp³-hybridized carbons (Fsp3) is 0.667. The van der Waals surface area contributed by atoms with Crippen LogP contribution in [0.15, 0.2) is 12.4 Å². The summed E-state index contributed by atoms with van der Waals surface area (Å²) < 4.78 is 1.98. The maximum absolute atomic E-state index is 11.9. The van der Waals surface area contributed by atoms with E-state index in [0.29, 0.717) is 6.54 Å². The van der Waals surface area contributed by atoms with Crippen LogP contribution in [0.1, 0.15) is 56.7 Å². The van der Waals surface area contributed by atoms with E-state index in [1.165, 1.54) is 11.1 Å². The number of carbonyl (C=O) groups is 1. The van der Waals surface area contributed by atoms with Gasteiger partial charge < -0.3 is 15.6 Å². The zero-order chi connectivity index (χ0) is 13.8. The van der Waals surface area contributed by atoms with E-state index in [1.54, 1.807) is 0 Å². The molecule has 1 aliphatic carbocycles. The Labute approximate surface area is 115 Å². The highest BCUT2D eigenvalue weighted by Gasteiger charge is 2.19. The Balaban J connectivity index is 1.94. The first-order valence-corrected chi connectivity index (χ1v) is 7.33. The lowest BCUT2D eigenvalue weighted by Crippen LogP contribution is -2.34. The van der Waals surface area contributed by atoms with Crippen molar-refractivity contribution in [3.05, 3.63) is 23.5 Å². The fourth-order valence-corrected chi connectivity index (χ4v) is 2.87. The van der Waals surface area contributed by atoms with Gasteiger partial charge in [-0.3, -0.25) is 4.79 Å². The number of carbonyl (C=O) groups excluding carboxylic acids is 1. The topological polar surface area (TPSA) is 60.0 Å². The smallest absolute Gasteiger partial charge is 0.240 e. The van der Waals surface area contributed by atoms with E-state index in [0.717, 1.165) is 32.1 Å². The van der Waals surface area contributed by atoms with E-state index in [-0.39, 0.29) is 18.0 Å². The van der Waals surface area contributed by atoms with Gasteiger partial charge in [-0.1, -0.05) is 13.3 Å². The first-order valence-electron chi connectivity index (χ1n) is 7.33. The van der Waals surface area contributed by atoms with Crippen LogP contribution in [-0.2, 0) is 17.8 Å². The van der Waals surface area contributed by atoms with Gasteiger partial charge in [0, 0.05) is 24.5 Å². The second-order valence-electron chi connectivity index (χ2n) is 5.67. The van der Waals surface area contributed by atoms with Crippen LogP contribution in [0.4, 0.5) is 0 Å². The van der Waals surface area contributed by atoms with E-state index >= 15 is 0 Å². The van der Waals surface area contributed by atoms with Crippen LogP contribution in [0.25, 0.3) is 0 Å². The van der Waals surface area contributed by atoms with Crippen LogP contribution in [0.3, 0.4) is 0 Å². The van der Waals surface area contributed by atoms with Crippen molar-refractivity contribution in [2.75, 3.05) is 0 Å². The van der Waals surface area contributed by atoms with Gasteiger partial charge in [0.15, 0.2) is 0 Å². The number of hydrogen-bond donors (Lipinski definition) is 2. The summed E-state index contributed by atoms with van der Waals surface area (Å²) in [6.45, 7) is 4.58. The third-order valence-electron chi connectivity index (χ3n) is 3.81. The molecule has 106 valence electrons. The average molecular weight is 263 g/mol. The Hall–Kier alpha value is -1.29. The van der Waals surface area contributed by atoms with Gasteiger partial charge in [-0.2, -0.15) is 0 Å². The predicted octanol–water partition coefficient (Wildman–Crippen LogP) is 2.13. The molecule has 4 heteroatoms. The molecule has 3 N–H and O–H groups in total. The number of aryl methyl sites for hydroxylation is 1. The molecule has 1 aromatic rings. The van der Waals surface area contributed by atoms with Gasteiger partial charge in [0.1, 0.15) is 6.54 Å². The summed E-state index contributed by atoms with van der Waals surface area (Å²) in [5, 5.41) is 3.03. The summed E-state index contributed by atoms with van der Waals surface area (Å²) in [6, 6.07) is 0.400. The van der Waals surface area contributed by atoms with Gasteiger partial charge in [0.05, 0.1) is 0 Å². The minimum absolute atomic E-state index is 0.0851. The van der Waals surface area contributed by atoms with Crippen molar-refractivity contribution in [3.8, 4) is 0 Å². The Morgan fingerprint density at radius 3 is 3.05 bits per heavy atom. The number of nitrogens with one attached hydrogen (secondary N) is 1. The van der Waals surface area contributed by atoms with Crippen LogP contribution < -0.4 is 11.1 Å². The van der Waals surface area contributed by atoms with Crippen molar-refractivity contribution < 1.29 is 4.79 Å². The highest BCUT2D eigenvalue weighted by molar-refractivity contribution is 5.76. The Morgan fingerprint density at radius 2 is 2.37 bits per heavy atom. The van der Waals surface area contributed by atoms with Crippen molar-refractivity contribution in [2.45, 2.75) is 64.6 Å². The molecule has 2 unspecified atom stereocenters. The lowest BCUT2D eigenvalue weighted by atomic mass is 9.92. The molecule has 1 aromatic heterocycles. The third kappa shape index (κ3) is 3.60. The van der Waals surface area contributed by atoms with Crippen molar-refractivity contribution in [2.24, 2.45) is 5.73 Å². The number of rotatable bonds is 5. The molecule has 4 nitrogen and oxygen atoms in total. The fourth-order valence-electron chi connectivity index (χ4n) is 2.87. The number of nitrogens with zero attached hydrogens (tertiary/aromatic N) is 1. The summed E-state index contributed by atoms with van der Waals surface area (Å²) >= 11 is 0. The third-order valence-corrected chi connectivity index (χ3v) is 3.81. The molecule has 0 fully saturated rings. The van der Waals surface area contributed by atoms with Crippen molar-refractivity contribution in [1.29, 1.82) is 0 Å². The number of nitrogens with two attached hydrogens (primary N) is 1. The van der Waals surface area contributed by atoms with Crippen LogP contribution in [-0.4, -0.2) is 16.5 Å². The molecular formula is C15H25N3O. The standard InChI is InChI=1S/C15H25N3O/c1-3-5-11(2)17-15(19)10-18-8-12-6-4-7-14(16)13(12)9-18/h8-9,11,14H,3-7,10,16H2,1-2H3,(H,17,19). The number of hydrogen-bond acceptors (Lipinski definition) is 2. The minimum atomic E-state index is 0.0851. The molecule has 1 heterocycles. The van der Waals surface area contributed by atoms with E-state index in [9.17, 15) is 4.79 Å². The maximum Gasteiger partial charge on any atom is 0.240 e. The van der Waals surface area contributed by atoms with Crippen molar-refractivity contribution >= 4 is 5.91 Å². The molecule has 0 aromatic carbocycles. The Morgan fingerprint density at radius 1 is 1.58 bits per heavy atom. The summed E-state index contributed by atoms with van der Waals surface area (Å²) in [6.07, 6.45) is 9.53. The zero-order valence-electron chi connectivity index (χ0n) is 12.0. The summed E-state index contributed by atoms with van der Waals surface area (Å²) in [5.41, 5.74) is 8.63.